The molecule has 0 amide bonds. The predicted octanol–water partition coefficient (Wildman–Crippen LogP) is 4.67. The Balaban J connectivity index is 2.60. The summed E-state index contributed by atoms with van der Waals surface area (Å²) in [7, 11) is 0. The summed E-state index contributed by atoms with van der Waals surface area (Å²) in [5.41, 5.74) is 1.68. The number of hydrogen-bond acceptors (Lipinski definition) is 1. The average molecular weight is 266 g/mol. The van der Waals surface area contributed by atoms with Gasteiger partial charge >= 0.3 is 0 Å². The van der Waals surface area contributed by atoms with Crippen LogP contribution in [0.1, 0.15) is 5.56 Å². The van der Waals surface area contributed by atoms with Gasteiger partial charge in [0.15, 0.2) is 0 Å². The van der Waals surface area contributed by atoms with E-state index in [-0.39, 0.29) is 0 Å². The van der Waals surface area contributed by atoms with Crippen LogP contribution >= 0.6 is 23.2 Å². The van der Waals surface area contributed by atoms with Crippen molar-refractivity contribution in [2.24, 2.45) is 0 Å². The smallest absolute Gasteiger partial charge is 0.125 e. The minimum absolute atomic E-state index is 0.304. The Labute approximate surface area is 108 Å². The lowest BCUT2D eigenvalue weighted by Crippen LogP contribution is -1.83. The van der Waals surface area contributed by atoms with Crippen molar-refractivity contribution in [3.63, 3.8) is 0 Å². The van der Waals surface area contributed by atoms with Gasteiger partial charge in [0.25, 0.3) is 0 Å². The van der Waals surface area contributed by atoms with Crippen LogP contribution in [0.15, 0.2) is 36.4 Å². The van der Waals surface area contributed by atoms with Crippen molar-refractivity contribution in [3.8, 4) is 17.2 Å². The van der Waals surface area contributed by atoms with Gasteiger partial charge in [-0.1, -0.05) is 23.2 Å². The standard InChI is InChI=1S/C13H6Cl2FN/c14-11-2-8(7-17)1-9(3-11)10-4-12(15)6-13(16)5-10/h1-6H. The zero-order chi connectivity index (χ0) is 12.4. The van der Waals surface area contributed by atoms with Crippen LogP contribution in [0.4, 0.5) is 4.39 Å². The second-order valence-electron chi connectivity index (χ2n) is 3.50. The van der Waals surface area contributed by atoms with Crippen LogP contribution in [0.3, 0.4) is 0 Å². The lowest BCUT2D eigenvalue weighted by atomic mass is 10.0. The molecule has 2 aromatic rings. The predicted molar refractivity (Wildman–Crippen MR) is 66.6 cm³/mol. The molecule has 0 aliphatic heterocycles. The van der Waals surface area contributed by atoms with E-state index in [1.54, 1.807) is 24.3 Å². The lowest BCUT2D eigenvalue weighted by Gasteiger charge is -2.04. The van der Waals surface area contributed by atoms with Crippen LogP contribution in [0.25, 0.3) is 11.1 Å². The summed E-state index contributed by atoms with van der Waals surface area (Å²) in [6.45, 7) is 0. The fraction of sp³-hybridized carbons (Fsp3) is 0. The highest BCUT2D eigenvalue weighted by Crippen LogP contribution is 2.27. The molecule has 0 saturated heterocycles. The first-order valence-electron chi connectivity index (χ1n) is 4.75. The molecular formula is C13H6Cl2FN. The summed E-state index contributed by atoms with van der Waals surface area (Å²) >= 11 is 11.7. The van der Waals surface area contributed by atoms with E-state index in [1.807, 2.05) is 6.07 Å². The van der Waals surface area contributed by atoms with Crippen molar-refractivity contribution in [2.45, 2.75) is 0 Å². The van der Waals surface area contributed by atoms with Gasteiger partial charge in [0, 0.05) is 10.0 Å². The number of nitrogens with zero attached hydrogens (tertiary/aromatic N) is 1. The molecule has 0 aromatic heterocycles. The molecule has 0 saturated carbocycles. The molecular weight excluding hydrogens is 260 g/mol. The molecule has 0 aliphatic carbocycles. The quantitative estimate of drug-likeness (QED) is 0.735. The summed E-state index contributed by atoms with van der Waals surface area (Å²) < 4.78 is 13.2. The Bertz CT molecular complexity index is 597. The Morgan fingerprint density at radius 3 is 2.06 bits per heavy atom. The van der Waals surface area contributed by atoms with E-state index in [4.69, 9.17) is 28.5 Å². The van der Waals surface area contributed by atoms with Crippen molar-refractivity contribution in [3.05, 3.63) is 57.8 Å². The highest BCUT2D eigenvalue weighted by Gasteiger charge is 2.05. The Hall–Kier alpha value is -1.56. The van der Waals surface area contributed by atoms with Gasteiger partial charge in [-0.25, -0.2) is 4.39 Å². The highest BCUT2D eigenvalue weighted by molar-refractivity contribution is 6.31. The highest BCUT2D eigenvalue weighted by atomic mass is 35.5. The fourth-order valence-corrected chi connectivity index (χ4v) is 2.00. The second kappa shape index (κ2) is 4.75. The third-order valence-electron chi connectivity index (χ3n) is 2.22. The SMILES string of the molecule is N#Cc1cc(Cl)cc(-c2cc(F)cc(Cl)c2)c1. The normalized spacial score (nSPS) is 10.0. The number of benzene rings is 2. The topological polar surface area (TPSA) is 23.8 Å². The molecule has 0 aliphatic rings. The van der Waals surface area contributed by atoms with E-state index in [0.717, 1.165) is 0 Å². The van der Waals surface area contributed by atoms with Crippen molar-refractivity contribution in [2.75, 3.05) is 0 Å². The molecule has 0 fully saturated rings. The molecule has 84 valence electrons. The molecule has 2 rings (SSSR count). The van der Waals surface area contributed by atoms with Crippen molar-refractivity contribution < 1.29 is 4.39 Å². The first-order chi connectivity index (χ1) is 8.08. The van der Waals surface area contributed by atoms with Gasteiger partial charge in [-0.2, -0.15) is 5.26 Å². The van der Waals surface area contributed by atoms with E-state index in [2.05, 4.69) is 0 Å². The number of nitriles is 1. The number of hydrogen-bond donors (Lipinski definition) is 0. The van der Waals surface area contributed by atoms with Crippen LogP contribution in [-0.4, -0.2) is 0 Å². The zero-order valence-corrected chi connectivity index (χ0v) is 10.1. The molecule has 0 atom stereocenters. The van der Waals surface area contributed by atoms with Gasteiger partial charge in [0.1, 0.15) is 5.82 Å². The van der Waals surface area contributed by atoms with Gasteiger partial charge in [-0.3, -0.25) is 0 Å². The van der Waals surface area contributed by atoms with Crippen LogP contribution in [0, 0.1) is 17.1 Å². The Morgan fingerprint density at radius 1 is 0.882 bits per heavy atom. The van der Waals surface area contributed by atoms with Gasteiger partial charge in [0.05, 0.1) is 11.6 Å². The van der Waals surface area contributed by atoms with Gasteiger partial charge in [-0.05, 0) is 47.5 Å². The molecule has 0 heterocycles. The van der Waals surface area contributed by atoms with E-state index in [1.165, 1.54) is 12.1 Å². The third-order valence-corrected chi connectivity index (χ3v) is 2.66. The van der Waals surface area contributed by atoms with E-state index >= 15 is 0 Å². The molecule has 0 spiro atoms. The largest absolute Gasteiger partial charge is 0.207 e. The maximum Gasteiger partial charge on any atom is 0.125 e. The van der Waals surface area contributed by atoms with Crippen molar-refractivity contribution in [1.82, 2.24) is 0 Å². The molecule has 17 heavy (non-hydrogen) atoms. The van der Waals surface area contributed by atoms with Crippen molar-refractivity contribution in [1.29, 1.82) is 5.26 Å². The number of rotatable bonds is 1. The zero-order valence-electron chi connectivity index (χ0n) is 8.55. The maximum absolute atomic E-state index is 13.2. The van der Waals surface area contributed by atoms with Crippen LogP contribution in [0.5, 0.6) is 0 Å². The average Bonchev–Trinajstić information content (AvgIpc) is 2.26. The van der Waals surface area contributed by atoms with Gasteiger partial charge < -0.3 is 0 Å². The molecule has 1 nitrogen and oxygen atoms in total. The second-order valence-corrected chi connectivity index (χ2v) is 4.37. The minimum atomic E-state index is -0.425. The van der Waals surface area contributed by atoms with Crippen LogP contribution in [-0.2, 0) is 0 Å². The molecule has 4 heteroatoms. The molecule has 0 radical (unpaired) electrons. The van der Waals surface area contributed by atoms with Crippen LogP contribution in [0.2, 0.25) is 10.0 Å². The molecule has 0 bridgehead atoms. The summed E-state index contributed by atoms with van der Waals surface area (Å²) in [5, 5.41) is 9.57. The summed E-state index contributed by atoms with van der Waals surface area (Å²) in [6, 6.07) is 11.0. The van der Waals surface area contributed by atoms with E-state index in [9.17, 15) is 4.39 Å². The summed E-state index contributed by atoms with van der Waals surface area (Å²) in [5.74, 6) is -0.425. The van der Waals surface area contributed by atoms with E-state index in [0.29, 0.717) is 26.7 Å². The Morgan fingerprint density at radius 2 is 1.47 bits per heavy atom. The maximum atomic E-state index is 13.2. The van der Waals surface area contributed by atoms with Gasteiger partial charge in [0.2, 0.25) is 0 Å². The Kier molecular flexibility index (Phi) is 3.33. The summed E-state index contributed by atoms with van der Waals surface area (Å²) in [6.07, 6.45) is 0. The third kappa shape index (κ3) is 2.76. The number of halogens is 3. The first-order valence-corrected chi connectivity index (χ1v) is 5.51. The monoisotopic (exact) mass is 265 g/mol. The fourth-order valence-electron chi connectivity index (χ4n) is 1.54. The minimum Gasteiger partial charge on any atom is -0.207 e. The van der Waals surface area contributed by atoms with Crippen molar-refractivity contribution >= 4 is 23.2 Å². The first kappa shape index (κ1) is 11.9. The molecule has 0 N–H and O–H groups in total. The molecule has 0 unspecified atom stereocenters. The van der Waals surface area contributed by atoms with Gasteiger partial charge in [-0.15, -0.1) is 0 Å². The van der Waals surface area contributed by atoms with Crippen LogP contribution < -0.4 is 0 Å². The van der Waals surface area contributed by atoms with E-state index < -0.39 is 5.82 Å². The molecule has 2 aromatic carbocycles. The summed E-state index contributed by atoms with van der Waals surface area (Å²) in [4.78, 5) is 0. The lowest BCUT2D eigenvalue weighted by molar-refractivity contribution is 0.628.